The van der Waals surface area contributed by atoms with Gasteiger partial charge in [-0.15, -0.1) is 11.3 Å². The number of amides is 1. The Balaban J connectivity index is 1.97. The number of fused-ring (bicyclic) bond motifs is 1. The molecule has 1 atom stereocenters. The van der Waals surface area contributed by atoms with Crippen LogP contribution in [0.15, 0.2) is 29.2 Å². The van der Waals surface area contributed by atoms with E-state index in [-0.39, 0.29) is 4.90 Å². The van der Waals surface area contributed by atoms with Crippen LogP contribution in [0.1, 0.15) is 46.6 Å². The quantitative estimate of drug-likeness (QED) is 0.836. The summed E-state index contributed by atoms with van der Waals surface area (Å²) in [5.74, 6) is -0.0518. The number of carbonyl (C=O) groups is 1. The number of hydrogen-bond acceptors (Lipinski definition) is 4. The van der Waals surface area contributed by atoms with E-state index >= 15 is 0 Å². The lowest BCUT2D eigenvalue weighted by Crippen LogP contribution is -2.19. The molecule has 3 rings (SSSR count). The topological polar surface area (TPSA) is 89.3 Å². The lowest BCUT2D eigenvalue weighted by atomic mass is 9.88. The van der Waals surface area contributed by atoms with E-state index in [1.54, 1.807) is 24.3 Å². The monoisotopic (exact) mass is 378 g/mol. The van der Waals surface area contributed by atoms with E-state index in [1.807, 2.05) is 6.92 Å². The van der Waals surface area contributed by atoms with Crippen LogP contribution < -0.4 is 10.5 Å². The van der Waals surface area contributed by atoms with E-state index < -0.39 is 15.9 Å². The fourth-order valence-electron chi connectivity index (χ4n) is 3.17. The molecule has 0 unspecified atom stereocenters. The van der Waals surface area contributed by atoms with Gasteiger partial charge in [-0.25, -0.2) is 8.42 Å². The largest absolute Gasteiger partial charge is 0.365 e. The van der Waals surface area contributed by atoms with Gasteiger partial charge in [-0.1, -0.05) is 26.0 Å². The molecule has 1 aliphatic carbocycles. The van der Waals surface area contributed by atoms with Crippen molar-refractivity contribution in [2.75, 3.05) is 4.72 Å². The molecule has 0 fully saturated rings. The summed E-state index contributed by atoms with van der Waals surface area (Å²) in [5.41, 5.74) is 7.86. The first-order valence-corrected chi connectivity index (χ1v) is 10.7. The second-order valence-corrected chi connectivity index (χ2v) is 9.31. The number of rotatable bonds is 5. The Labute approximate surface area is 152 Å². The highest BCUT2D eigenvalue weighted by atomic mass is 32.2. The smallest absolute Gasteiger partial charge is 0.262 e. The first kappa shape index (κ1) is 17.9. The molecule has 1 aliphatic rings. The van der Waals surface area contributed by atoms with Crippen LogP contribution in [0.2, 0.25) is 0 Å². The number of primary amides is 1. The molecular formula is C18H22N2O3S2. The minimum atomic E-state index is -3.75. The Bertz CT molecular complexity index is 899. The molecule has 0 radical (unpaired) electrons. The van der Waals surface area contributed by atoms with Crippen molar-refractivity contribution >= 4 is 32.3 Å². The van der Waals surface area contributed by atoms with Crippen molar-refractivity contribution in [2.24, 2.45) is 11.7 Å². The van der Waals surface area contributed by atoms with Crippen LogP contribution in [-0.4, -0.2) is 14.3 Å². The summed E-state index contributed by atoms with van der Waals surface area (Å²) < 4.78 is 28.0. The second-order valence-electron chi connectivity index (χ2n) is 6.52. The van der Waals surface area contributed by atoms with Crippen LogP contribution in [0.3, 0.4) is 0 Å². The molecule has 25 heavy (non-hydrogen) atoms. The lowest BCUT2D eigenvalue weighted by Gasteiger charge is -2.18. The molecule has 134 valence electrons. The zero-order chi connectivity index (χ0) is 18.2. The molecule has 5 nitrogen and oxygen atoms in total. The van der Waals surface area contributed by atoms with Crippen molar-refractivity contribution in [2.45, 2.75) is 44.4 Å². The van der Waals surface area contributed by atoms with Gasteiger partial charge >= 0.3 is 0 Å². The first-order valence-electron chi connectivity index (χ1n) is 8.38. The predicted molar refractivity (Wildman–Crippen MR) is 101 cm³/mol. The molecule has 0 bridgehead atoms. The summed E-state index contributed by atoms with van der Waals surface area (Å²) in [6.45, 7) is 4.17. The van der Waals surface area contributed by atoms with Gasteiger partial charge in [-0.3, -0.25) is 9.52 Å². The fraction of sp³-hybridized carbons (Fsp3) is 0.389. The van der Waals surface area contributed by atoms with Gasteiger partial charge in [0.25, 0.3) is 15.9 Å². The van der Waals surface area contributed by atoms with E-state index in [0.29, 0.717) is 16.5 Å². The summed E-state index contributed by atoms with van der Waals surface area (Å²) >= 11 is 1.33. The van der Waals surface area contributed by atoms with Crippen LogP contribution in [-0.2, 0) is 29.3 Å². The van der Waals surface area contributed by atoms with Gasteiger partial charge in [0.15, 0.2) is 0 Å². The molecule has 0 saturated carbocycles. The van der Waals surface area contributed by atoms with Crippen LogP contribution in [0.5, 0.6) is 0 Å². The highest BCUT2D eigenvalue weighted by Gasteiger charge is 2.28. The van der Waals surface area contributed by atoms with Gasteiger partial charge in [0.1, 0.15) is 5.00 Å². The number of nitrogens with two attached hydrogens (primary N) is 1. The molecule has 7 heteroatoms. The lowest BCUT2D eigenvalue weighted by molar-refractivity contribution is 0.100. The second kappa shape index (κ2) is 6.80. The van der Waals surface area contributed by atoms with Gasteiger partial charge in [0.2, 0.25) is 0 Å². The van der Waals surface area contributed by atoms with E-state index in [0.717, 1.165) is 41.7 Å². The standard InChI is InChI=1S/C18H22N2O3S2/c1-3-12-5-7-13(8-6-12)25(22,23)20-18-16(17(19)21)14-9-4-11(2)10-15(14)24-18/h5-8,11,20H,3-4,9-10H2,1-2H3,(H2,19,21)/t11-/m1/s1. The molecule has 1 amide bonds. The third-order valence-corrected chi connectivity index (χ3v) is 7.29. The van der Waals surface area contributed by atoms with Gasteiger partial charge in [0.05, 0.1) is 10.5 Å². The molecule has 0 spiro atoms. The predicted octanol–water partition coefficient (Wildman–Crippen LogP) is 3.34. The number of aryl methyl sites for hydroxylation is 1. The average molecular weight is 379 g/mol. The number of sulfonamides is 1. The number of nitrogens with one attached hydrogen (secondary N) is 1. The molecule has 0 aliphatic heterocycles. The Kier molecular flexibility index (Phi) is 4.88. The zero-order valence-electron chi connectivity index (χ0n) is 14.3. The SMILES string of the molecule is CCc1ccc(S(=O)(=O)Nc2sc3c(c2C(N)=O)CC[C@@H](C)C3)cc1. The molecule has 0 saturated heterocycles. The van der Waals surface area contributed by atoms with Crippen LogP contribution in [0, 0.1) is 5.92 Å². The highest BCUT2D eigenvalue weighted by Crippen LogP contribution is 2.40. The molecule has 1 aromatic heterocycles. The van der Waals surface area contributed by atoms with Crippen molar-refractivity contribution in [1.82, 2.24) is 0 Å². The van der Waals surface area contributed by atoms with Crippen LogP contribution >= 0.6 is 11.3 Å². The normalized spacial score (nSPS) is 17.1. The van der Waals surface area contributed by atoms with Crippen molar-refractivity contribution in [3.05, 3.63) is 45.8 Å². The van der Waals surface area contributed by atoms with Gasteiger partial charge < -0.3 is 5.73 Å². The van der Waals surface area contributed by atoms with Crippen molar-refractivity contribution in [3.8, 4) is 0 Å². The summed E-state index contributed by atoms with van der Waals surface area (Å²) in [4.78, 5) is 13.2. The van der Waals surface area contributed by atoms with E-state index in [2.05, 4.69) is 11.6 Å². The zero-order valence-corrected chi connectivity index (χ0v) is 16.0. The molecule has 1 heterocycles. The first-order chi connectivity index (χ1) is 11.8. The van der Waals surface area contributed by atoms with E-state index in [1.165, 1.54) is 11.3 Å². The third kappa shape index (κ3) is 3.57. The van der Waals surface area contributed by atoms with Crippen molar-refractivity contribution in [3.63, 3.8) is 0 Å². The minimum absolute atomic E-state index is 0.180. The number of carbonyl (C=O) groups excluding carboxylic acids is 1. The molecule has 2 aromatic rings. The van der Waals surface area contributed by atoms with E-state index in [4.69, 9.17) is 5.73 Å². The van der Waals surface area contributed by atoms with Gasteiger partial charge in [0, 0.05) is 4.88 Å². The van der Waals surface area contributed by atoms with Gasteiger partial charge in [-0.2, -0.15) is 0 Å². The number of anilines is 1. The average Bonchev–Trinajstić information content (AvgIpc) is 2.91. The third-order valence-electron chi connectivity index (χ3n) is 4.63. The number of thiophene rings is 1. The summed E-state index contributed by atoms with van der Waals surface area (Å²) in [6.07, 6.45) is 3.44. The van der Waals surface area contributed by atoms with Gasteiger partial charge in [-0.05, 0) is 54.9 Å². The fourth-order valence-corrected chi connectivity index (χ4v) is 5.89. The van der Waals surface area contributed by atoms with E-state index in [9.17, 15) is 13.2 Å². The van der Waals surface area contributed by atoms with Crippen LogP contribution in [0.25, 0.3) is 0 Å². The summed E-state index contributed by atoms with van der Waals surface area (Å²) in [7, 11) is -3.75. The summed E-state index contributed by atoms with van der Waals surface area (Å²) in [6, 6.07) is 6.76. The van der Waals surface area contributed by atoms with Crippen molar-refractivity contribution in [1.29, 1.82) is 0 Å². The minimum Gasteiger partial charge on any atom is -0.365 e. The highest BCUT2D eigenvalue weighted by molar-refractivity contribution is 7.93. The Morgan fingerprint density at radius 3 is 2.60 bits per heavy atom. The number of benzene rings is 1. The Morgan fingerprint density at radius 1 is 1.32 bits per heavy atom. The number of hydrogen-bond donors (Lipinski definition) is 2. The Hall–Kier alpha value is -1.86. The molecule has 1 aromatic carbocycles. The molecule has 3 N–H and O–H groups in total. The van der Waals surface area contributed by atoms with Crippen molar-refractivity contribution < 1.29 is 13.2 Å². The molecular weight excluding hydrogens is 356 g/mol. The van der Waals surface area contributed by atoms with Crippen LogP contribution in [0.4, 0.5) is 5.00 Å². The Morgan fingerprint density at radius 2 is 2.00 bits per heavy atom. The maximum atomic E-state index is 12.7. The maximum Gasteiger partial charge on any atom is 0.262 e. The maximum absolute atomic E-state index is 12.7. The summed E-state index contributed by atoms with van der Waals surface area (Å²) in [5, 5.41) is 0.339.